The molecule has 0 aliphatic rings. The van der Waals surface area contributed by atoms with E-state index >= 15 is 0 Å². The number of aromatic nitrogens is 1. The van der Waals surface area contributed by atoms with E-state index in [2.05, 4.69) is 26.2 Å². The second-order valence-corrected chi connectivity index (χ2v) is 5.13. The molecule has 0 saturated heterocycles. The third-order valence-electron chi connectivity index (χ3n) is 2.90. The minimum atomic E-state index is 0. The van der Waals surface area contributed by atoms with Gasteiger partial charge in [0.15, 0.2) is 11.5 Å². The van der Waals surface area contributed by atoms with E-state index in [1.165, 1.54) is 5.56 Å². The van der Waals surface area contributed by atoms with Gasteiger partial charge in [0, 0.05) is 25.5 Å². The lowest BCUT2D eigenvalue weighted by Gasteiger charge is -2.12. The van der Waals surface area contributed by atoms with E-state index in [-0.39, 0.29) is 12.4 Å². The molecule has 0 aliphatic heterocycles. The van der Waals surface area contributed by atoms with Crippen LogP contribution in [0, 0.1) is 0 Å². The number of nitrogens with one attached hydrogen (secondary N) is 1. The van der Waals surface area contributed by atoms with Gasteiger partial charge in [-0.05, 0) is 51.3 Å². The Balaban J connectivity index is 0.00000220. The first-order valence-electron chi connectivity index (χ1n) is 6.24. The first kappa shape index (κ1) is 17.8. The summed E-state index contributed by atoms with van der Waals surface area (Å²) in [6.07, 6.45) is 3.59. The van der Waals surface area contributed by atoms with Crippen molar-refractivity contribution in [2.24, 2.45) is 0 Å². The number of methoxy groups -OCH3 is 2. The number of hydrogen-bond donors (Lipinski definition) is 1. The van der Waals surface area contributed by atoms with Crippen molar-refractivity contribution in [2.45, 2.75) is 13.1 Å². The van der Waals surface area contributed by atoms with Crippen LogP contribution in [0.3, 0.4) is 0 Å². The number of pyridine rings is 1. The van der Waals surface area contributed by atoms with E-state index in [0.29, 0.717) is 5.75 Å². The Labute approximate surface area is 139 Å². The average Bonchev–Trinajstić information content (AvgIpc) is 2.47. The fourth-order valence-corrected chi connectivity index (χ4v) is 2.58. The Kier molecular flexibility index (Phi) is 7.50. The van der Waals surface area contributed by atoms with Gasteiger partial charge in [-0.2, -0.15) is 0 Å². The van der Waals surface area contributed by atoms with Crippen molar-refractivity contribution in [1.29, 1.82) is 0 Å². The van der Waals surface area contributed by atoms with Crippen LogP contribution < -0.4 is 27.2 Å². The molecular weight excluding hydrogens is 356 g/mol. The molecule has 0 bridgehead atoms. The Morgan fingerprint density at radius 1 is 1.05 bits per heavy atom. The van der Waals surface area contributed by atoms with Crippen LogP contribution in [-0.2, 0) is 13.1 Å². The molecule has 114 valence electrons. The zero-order valence-corrected chi connectivity index (χ0v) is 14.2. The predicted octanol–water partition coefficient (Wildman–Crippen LogP) is 0.155. The van der Waals surface area contributed by atoms with Crippen LogP contribution in [-0.4, -0.2) is 19.2 Å². The van der Waals surface area contributed by atoms with Crippen LogP contribution in [0.5, 0.6) is 11.5 Å². The monoisotopic (exact) mass is 371 g/mol. The van der Waals surface area contributed by atoms with E-state index < -0.39 is 0 Å². The highest BCUT2D eigenvalue weighted by Gasteiger charge is 2.10. The van der Waals surface area contributed by atoms with E-state index in [4.69, 9.17) is 9.47 Å². The van der Waals surface area contributed by atoms with E-state index in [9.17, 15) is 0 Å². The zero-order valence-electron chi connectivity index (χ0n) is 11.9. The SMILES string of the molecule is COc1cc(CNCc2ccncc2)cc(Br)c1OC.[Cl-]. The summed E-state index contributed by atoms with van der Waals surface area (Å²) in [6, 6.07) is 8.00. The molecule has 1 aromatic carbocycles. The maximum absolute atomic E-state index is 5.33. The molecule has 21 heavy (non-hydrogen) atoms. The minimum absolute atomic E-state index is 0. The number of benzene rings is 1. The van der Waals surface area contributed by atoms with Crippen LogP contribution in [0.2, 0.25) is 0 Å². The maximum atomic E-state index is 5.33. The number of halogens is 2. The van der Waals surface area contributed by atoms with Gasteiger partial charge < -0.3 is 27.2 Å². The summed E-state index contributed by atoms with van der Waals surface area (Å²) < 4.78 is 11.5. The predicted molar refractivity (Wildman–Crippen MR) is 82.0 cm³/mol. The smallest absolute Gasteiger partial charge is 0.174 e. The number of ether oxygens (including phenoxy) is 2. The lowest BCUT2D eigenvalue weighted by Crippen LogP contribution is -3.00. The van der Waals surface area contributed by atoms with Gasteiger partial charge in [-0.25, -0.2) is 0 Å². The molecule has 6 heteroatoms. The Bertz CT molecular complexity index is 567. The van der Waals surface area contributed by atoms with Gasteiger partial charge in [0.05, 0.1) is 18.7 Å². The fourth-order valence-electron chi connectivity index (χ4n) is 1.93. The van der Waals surface area contributed by atoms with Crippen LogP contribution in [0.4, 0.5) is 0 Å². The highest BCUT2D eigenvalue weighted by molar-refractivity contribution is 9.10. The highest BCUT2D eigenvalue weighted by atomic mass is 79.9. The van der Waals surface area contributed by atoms with Gasteiger partial charge in [-0.1, -0.05) is 0 Å². The zero-order chi connectivity index (χ0) is 14.4. The van der Waals surface area contributed by atoms with E-state index in [1.807, 2.05) is 24.3 Å². The number of nitrogens with zero attached hydrogens (tertiary/aromatic N) is 1. The van der Waals surface area contributed by atoms with Crippen LogP contribution >= 0.6 is 15.9 Å². The Hall–Kier alpha value is -1.30. The topological polar surface area (TPSA) is 43.4 Å². The summed E-state index contributed by atoms with van der Waals surface area (Å²) in [5.74, 6) is 1.44. The van der Waals surface area contributed by atoms with Crippen LogP contribution in [0.1, 0.15) is 11.1 Å². The molecule has 0 radical (unpaired) electrons. The lowest BCUT2D eigenvalue weighted by atomic mass is 10.2. The van der Waals surface area contributed by atoms with Crippen molar-refractivity contribution in [3.8, 4) is 11.5 Å². The fraction of sp³-hybridized carbons (Fsp3) is 0.267. The van der Waals surface area contributed by atoms with Gasteiger partial charge in [-0.3, -0.25) is 4.98 Å². The van der Waals surface area contributed by atoms with Crippen molar-refractivity contribution < 1.29 is 21.9 Å². The molecule has 2 rings (SSSR count). The number of hydrogen-bond acceptors (Lipinski definition) is 4. The molecule has 1 heterocycles. The molecule has 0 amide bonds. The molecule has 0 spiro atoms. The molecule has 0 unspecified atom stereocenters. The molecule has 4 nitrogen and oxygen atoms in total. The summed E-state index contributed by atoms with van der Waals surface area (Å²) in [5, 5.41) is 3.39. The quantitative estimate of drug-likeness (QED) is 0.784. The lowest BCUT2D eigenvalue weighted by molar-refractivity contribution is -0.00000459. The van der Waals surface area contributed by atoms with Crippen molar-refractivity contribution in [3.63, 3.8) is 0 Å². The molecule has 1 N–H and O–H groups in total. The second-order valence-electron chi connectivity index (χ2n) is 4.27. The van der Waals surface area contributed by atoms with Crippen molar-refractivity contribution in [3.05, 3.63) is 52.3 Å². The van der Waals surface area contributed by atoms with Crippen LogP contribution in [0.25, 0.3) is 0 Å². The molecule has 0 saturated carbocycles. The van der Waals surface area contributed by atoms with Crippen molar-refractivity contribution in [2.75, 3.05) is 14.2 Å². The summed E-state index contributed by atoms with van der Waals surface area (Å²) in [4.78, 5) is 4.00. The average molecular weight is 373 g/mol. The normalized spacial score (nSPS) is 9.86. The van der Waals surface area contributed by atoms with Gasteiger partial charge in [0.2, 0.25) is 0 Å². The highest BCUT2D eigenvalue weighted by Crippen LogP contribution is 2.36. The van der Waals surface area contributed by atoms with E-state index in [0.717, 1.165) is 28.9 Å². The third-order valence-corrected chi connectivity index (χ3v) is 3.49. The van der Waals surface area contributed by atoms with Gasteiger partial charge in [0.25, 0.3) is 0 Å². The molecule has 0 fully saturated rings. The van der Waals surface area contributed by atoms with Crippen molar-refractivity contribution in [1.82, 2.24) is 10.3 Å². The first-order chi connectivity index (χ1) is 9.74. The van der Waals surface area contributed by atoms with Crippen LogP contribution in [0.15, 0.2) is 41.1 Å². The summed E-state index contributed by atoms with van der Waals surface area (Å²) in [7, 11) is 3.27. The van der Waals surface area contributed by atoms with Gasteiger partial charge >= 0.3 is 0 Å². The maximum Gasteiger partial charge on any atom is 0.174 e. The molecule has 2 aromatic rings. The minimum Gasteiger partial charge on any atom is -1.00 e. The first-order valence-corrected chi connectivity index (χ1v) is 7.04. The largest absolute Gasteiger partial charge is 1.00 e. The summed E-state index contributed by atoms with van der Waals surface area (Å²) >= 11 is 3.49. The Morgan fingerprint density at radius 2 is 1.71 bits per heavy atom. The second kappa shape index (κ2) is 8.87. The molecule has 0 aliphatic carbocycles. The van der Waals surface area contributed by atoms with Gasteiger partial charge in [0.1, 0.15) is 0 Å². The standard InChI is InChI=1S/C15H17BrN2O2.ClH/c1-19-14-8-12(7-13(16)15(14)20-2)10-18-9-11-3-5-17-6-4-11;/h3-8,18H,9-10H2,1-2H3;1H/p-1. The summed E-state index contributed by atoms with van der Waals surface area (Å²) in [6.45, 7) is 1.55. The van der Waals surface area contributed by atoms with Gasteiger partial charge in [-0.15, -0.1) is 0 Å². The van der Waals surface area contributed by atoms with Crippen molar-refractivity contribution >= 4 is 15.9 Å². The molecular formula is C15H17BrClN2O2-. The number of rotatable bonds is 6. The summed E-state index contributed by atoms with van der Waals surface area (Å²) in [5.41, 5.74) is 2.34. The molecule has 1 aromatic heterocycles. The Morgan fingerprint density at radius 3 is 2.33 bits per heavy atom. The third kappa shape index (κ3) is 4.88. The molecule has 0 atom stereocenters. The van der Waals surface area contributed by atoms with E-state index in [1.54, 1.807) is 26.6 Å².